The Morgan fingerprint density at radius 1 is 1.18 bits per heavy atom. The average Bonchev–Trinajstić information content (AvgIpc) is 2.30. The largest absolute Gasteiger partial charge is 0.478 e. The molecule has 0 saturated carbocycles. The van der Waals surface area contributed by atoms with Gasteiger partial charge in [0.15, 0.2) is 5.44 Å². The van der Waals surface area contributed by atoms with Crippen LogP contribution >= 0.6 is 25.3 Å². The molecule has 1 aromatic carbocycles. The second-order valence-electron chi connectivity index (χ2n) is 2.49. The molecule has 0 fully saturated rings. The Bertz CT molecular complexity index is 275. The van der Waals surface area contributed by atoms with Crippen molar-refractivity contribution >= 4 is 25.3 Å². The van der Waals surface area contributed by atoms with Crippen LogP contribution in [-0.2, 0) is 0 Å². The first-order chi connectivity index (χ1) is 5.29. The van der Waals surface area contributed by atoms with Gasteiger partial charge in [0.05, 0.1) is 5.25 Å². The molecule has 0 aliphatic carbocycles. The molecule has 1 nitrogen and oxygen atoms in total. The minimum atomic E-state index is -0.101. The lowest BCUT2D eigenvalue weighted by Crippen LogP contribution is -2.05. The molecule has 2 rings (SSSR count). The van der Waals surface area contributed by atoms with Crippen LogP contribution in [0.15, 0.2) is 24.3 Å². The third-order valence-corrected chi connectivity index (χ3v) is 2.94. The average molecular weight is 184 g/mol. The number of fused-ring (bicyclic) bond motifs is 1. The van der Waals surface area contributed by atoms with Crippen molar-refractivity contribution < 1.29 is 4.74 Å². The summed E-state index contributed by atoms with van der Waals surface area (Å²) >= 11 is 8.60. The molecule has 1 aliphatic heterocycles. The molecule has 11 heavy (non-hydrogen) atoms. The molecular formula is C8H8OS2. The van der Waals surface area contributed by atoms with Gasteiger partial charge in [0.25, 0.3) is 0 Å². The lowest BCUT2D eigenvalue weighted by molar-refractivity contribution is 0.323. The summed E-state index contributed by atoms with van der Waals surface area (Å²) in [6.45, 7) is 0. The predicted molar refractivity (Wildman–Crippen MR) is 51.6 cm³/mol. The Morgan fingerprint density at radius 3 is 2.64 bits per heavy atom. The molecule has 3 heteroatoms. The fraction of sp³-hybridized carbons (Fsp3) is 0.250. The van der Waals surface area contributed by atoms with Gasteiger partial charge in [-0.15, -0.1) is 12.6 Å². The molecule has 0 amide bonds. The van der Waals surface area contributed by atoms with E-state index in [0.29, 0.717) is 0 Å². The maximum absolute atomic E-state index is 5.41. The molecule has 1 aliphatic rings. The number of hydrogen-bond donors (Lipinski definition) is 2. The number of benzene rings is 1. The topological polar surface area (TPSA) is 9.23 Å². The lowest BCUT2D eigenvalue weighted by atomic mass is 10.2. The van der Waals surface area contributed by atoms with E-state index in [2.05, 4.69) is 25.3 Å². The van der Waals surface area contributed by atoms with Crippen molar-refractivity contribution in [3.8, 4) is 5.75 Å². The normalized spacial score (nSPS) is 27.8. The second kappa shape index (κ2) is 2.64. The molecule has 0 radical (unpaired) electrons. The van der Waals surface area contributed by atoms with Gasteiger partial charge in [0.2, 0.25) is 0 Å². The van der Waals surface area contributed by atoms with Crippen molar-refractivity contribution in [1.82, 2.24) is 0 Å². The highest BCUT2D eigenvalue weighted by Gasteiger charge is 2.28. The molecule has 0 aromatic heterocycles. The molecule has 0 spiro atoms. The number of rotatable bonds is 0. The van der Waals surface area contributed by atoms with E-state index in [1.165, 1.54) is 0 Å². The number of thiol groups is 2. The molecule has 0 saturated heterocycles. The van der Waals surface area contributed by atoms with E-state index in [1.54, 1.807) is 0 Å². The summed E-state index contributed by atoms with van der Waals surface area (Å²) in [7, 11) is 0. The van der Waals surface area contributed by atoms with Crippen molar-refractivity contribution in [3.63, 3.8) is 0 Å². The van der Waals surface area contributed by atoms with Crippen LogP contribution in [0.25, 0.3) is 0 Å². The Labute approximate surface area is 76.6 Å². The maximum Gasteiger partial charge on any atom is 0.157 e. The smallest absolute Gasteiger partial charge is 0.157 e. The molecule has 1 heterocycles. The third-order valence-electron chi connectivity index (χ3n) is 1.76. The van der Waals surface area contributed by atoms with Gasteiger partial charge >= 0.3 is 0 Å². The summed E-state index contributed by atoms with van der Waals surface area (Å²) in [5.74, 6) is 0.910. The zero-order valence-corrected chi connectivity index (χ0v) is 7.56. The Morgan fingerprint density at radius 2 is 1.91 bits per heavy atom. The van der Waals surface area contributed by atoms with Gasteiger partial charge in [0.1, 0.15) is 5.75 Å². The quantitative estimate of drug-likeness (QED) is 0.588. The highest BCUT2D eigenvalue weighted by atomic mass is 32.1. The van der Waals surface area contributed by atoms with E-state index >= 15 is 0 Å². The molecule has 58 valence electrons. The maximum atomic E-state index is 5.41. The van der Waals surface area contributed by atoms with Gasteiger partial charge in [0, 0.05) is 5.56 Å². The van der Waals surface area contributed by atoms with Gasteiger partial charge < -0.3 is 4.74 Å². The molecular weight excluding hydrogens is 176 g/mol. The summed E-state index contributed by atoms with van der Waals surface area (Å²) < 4.78 is 5.41. The summed E-state index contributed by atoms with van der Waals surface area (Å²) in [6.07, 6.45) is 0. The standard InChI is InChI=1S/C8H8OS2/c10-7-5-3-1-2-4-6(5)9-8(7)11/h1-4,7-8,10-11H. The lowest BCUT2D eigenvalue weighted by Gasteiger charge is -2.05. The van der Waals surface area contributed by atoms with Crippen molar-refractivity contribution in [2.45, 2.75) is 10.7 Å². The van der Waals surface area contributed by atoms with Crippen LogP contribution in [0.5, 0.6) is 5.75 Å². The van der Waals surface area contributed by atoms with E-state index in [9.17, 15) is 0 Å². The molecule has 0 bridgehead atoms. The number of hydrogen-bond acceptors (Lipinski definition) is 3. The van der Waals surface area contributed by atoms with E-state index < -0.39 is 0 Å². The van der Waals surface area contributed by atoms with Crippen molar-refractivity contribution in [2.75, 3.05) is 0 Å². The minimum Gasteiger partial charge on any atom is -0.478 e. The fourth-order valence-electron chi connectivity index (χ4n) is 1.18. The van der Waals surface area contributed by atoms with Gasteiger partial charge in [-0.1, -0.05) is 18.2 Å². The summed E-state index contributed by atoms with van der Waals surface area (Å²) in [5.41, 5.74) is 1.03. The van der Waals surface area contributed by atoms with Crippen molar-refractivity contribution in [2.24, 2.45) is 0 Å². The number of ether oxygens (including phenoxy) is 1. The zero-order valence-electron chi connectivity index (χ0n) is 5.77. The van der Waals surface area contributed by atoms with Crippen molar-refractivity contribution in [3.05, 3.63) is 29.8 Å². The van der Waals surface area contributed by atoms with Crippen LogP contribution in [-0.4, -0.2) is 5.44 Å². The monoisotopic (exact) mass is 184 g/mol. The van der Waals surface area contributed by atoms with E-state index in [1.807, 2.05) is 24.3 Å². The second-order valence-corrected chi connectivity index (χ2v) is 3.56. The van der Waals surface area contributed by atoms with Gasteiger partial charge in [-0.05, 0) is 6.07 Å². The first kappa shape index (κ1) is 7.37. The first-order valence-electron chi connectivity index (χ1n) is 3.41. The van der Waals surface area contributed by atoms with Gasteiger partial charge in [-0.25, -0.2) is 0 Å². The third kappa shape index (κ3) is 1.12. The van der Waals surface area contributed by atoms with Gasteiger partial charge in [-0.2, -0.15) is 12.6 Å². The summed E-state index contributed by atoms with van der Waals surface area (Å²) in [4.78, 5) is 0. The van der Waals surface area contributed by atoms with Crippen LogP contribution in [0.4, 0.5) is 0 Å². The zero-order chi connectivity index (χ0) is 7.84. The summed E-state index contributed by atoms with van der Waals surface area (Å²) in [5, 5.41) is 0.106. The minimum absolute atomic E-state index is 0.101. The van der Waals surface area contributed by atoms with E-state index in [4.69, 9.17) is 4.74 Å². The first-order valence-corrected chi connectivity index (χ1v) is 4.44. The van der Waals surface area contributed by atoms with Crippen LogP contribution in [0.3, 0.4) is 0 Å². The Balaban J connectivity index is 2.47. The van der Waals surface area contributed by atoms with E-state index in [-0.39, 0.29) is 10.7 Å². The Kier molecular flexibility index (Phi) is 1.77. The fourth-order valence-corrected chi connectivity index (χ4v) is 1.73. The SMILES string of the molecule is SC1Oc2ccccc2C1S. The Hall–Kier alpha value is -0.280. The van der Waals surface area contributed by atoms with Crippen LogP contribution in [0.1, 0.15) is 10.8 Å². The summed E-state index contributed by atoms with van der Waals surface area (Å²) in [6, 6.07) is 7.89. The van der Waals surface area contributed by atoms with Crippen LogP contribution in [0.2, 0.25) is 0 Å². The predicted octanol–water partition coefficient (Wildman–Crippen LogP) is 2.31. The van der Waals surface area contributed by atoms with E-state index in [0.717, 1.165) is 11.3 Å². The van der Waals surface area contributed by atoms with Crippen LogP contribution < -0.4 is 4.74 Å². The molecule has 2 atom stereocenters. The van der Waals surface area contributed by atoms with Gasteiger partial charge in [-0.3, -0.25) is 0 Å². The highest BCUT2D eigenvalue weighted by Crippen LogP contribution is 2.41. The molecule has 1 aromatic rings. The van der Waals surface area contributed by atoms with Crippen molar-refractivity contribution in [1.29, 1.82) is 0 Å². The highest BCUT2D eigenvalue weighted by molar-refractivity contribution is 7.84. The van der Waals surface area contributed by atoms with Crippen LogP contribution in [0, 0.1) is 0 Å². The number of para-hydroxylation sites is 1. The molecule has 0 N–H and O–H groups in total. The molecule has 2 unspecified atom stereocenters.